The number of rotatable bonds is 3. The molecule has 1 aromatic carbocycles. The minimum Gasteiger partial charge on any atom is -0.444 e. The molecule has 2 N–H and O–H groups in total. The highest BCUT2D eigenvalue weighted by molar-refractivity contribution is 6.12. The summed E-state index contributed by atoms with van der Waals surface area (Å²) < 4.78 is 5.39. The number of nitrogens with two attached hydrogens (primary N) is 1. The highest BCUT2D eigenvalue weighted by atomic mass is 16.5. The van der Waals surface area contributed by atoms with E-state index < -0.39 is 0 Å². The van der Waals surface area contributed by atoms with Crippen molar-refractivity contribution in [1.29, 1.82) is 0 Å². The van der Waals surface area contributed by atoms with Gasteiger partial charge in [0.2, 0.25) is 5.88 Å². The molecule has 0 spiro atoms. The van der Waals surface area contributed by atoms with E-state index in [9.17, 15) is 9.59 Å². The van der Waals surface area contributed by atoms with E-state index in [1.54, 1.807) is 12.1 Å². The maximum Gasteiger partial charge on any atom is 0.271 e. The maximum absolute atomic E-state index is 13.0. The third-order valence-electron chi connectivity index (χ3n) is 4.69. The van der Waals surface area contributed by atoms with Crippen LogP contribution in [0, 0.1) is 0 Å². The minimum atomic E-state index is -0.383. The molecule has 8 heteroatoms. The predicted molar refractivity (Wildman–Crippen MR) is 99.4 cm³/mol. The van der Waals surface area contributed by atoms with Crippen LogP contribution in [0.3, 0.4) is 0 Å². The Morgan fingerprint density at radius 3 is 2.89 bits per heavy atom. The van der Waals surface area contributed by atoms with Gasteiger partial charge in [-0.2, -0.15) is 0 Å². The normalized spacial score (nSPS) is 15.9. The number of anilines is 2. The summed E-state index contributed by atoms with van der Waals surface area (Å²) >= 11 is 0. The number of fused-ring (bicyclic) bond motifs is 2. The molecular weight excluding hydrogens is 346 g/mol. The molecular formula is C19H19N5O3. The summed E-state index contributed by atoms with van der Waals surface area (Å²) in [5.74, 6) is -0.170. The number of nitrogens with zero attached hydrogens (tertiary/aromatic N) is 4. The summed E-state index contributed by atoms with van der Waals surface area (Å²) in [4.78, 5) is 36.7. The first-order valence-corrected chi connectivity index (χ1v) is 8.79. The van der Waals surface area contributed by atoms with Crippen LogP contribution in [0.15, 0.2) is 37.0 Å². The smallest absolute Gasteiger partial charge is 0.271 e. The average Bonchev–Trinajstić information content (AvgIpc) is 2.84. The first-order chi connectivity index (χ1) is 13.1. The van der Waals surface area contributed by atoms with Crippen LogP contribution in [0.2, 0.25) is 0 Å². The van der Waals surface area contributed by atoms with E-state index in [0.29, 0.717) is 17.8 Å². The molecule has 0 radical (unpaired) electrons. The lowest BCUT2D eigenvalue weighted by atomic mass is 9.97. The molecule has 0 bridgehead atoms. The predicted octanol–water partition coefficient (Wildman–Crippen LogP) is 1.98. The van der Waals surface area contributed by atoms with Crippen LogP contribution in [0.4, 0.5) is 11.5 Å². The van der Waals surface area contributed by atoms with Crippen LogP contribution in [0.1, 0.15) is 39.6 Å². The fourth-order valence-electron chi connectivity index (χ4n) is 3.38. The Hall–Kier alpha value is -3.42. The van der Waals surface area contributed by atoms with Crippen molar-refractivity contribution in [1.82, 2.24) is 14.9 Å². The van der Waals surface area contributed by atoms with Crippen molar-refractivity contribution >= 4 is 23.3 Å². The van der Waals surface area contributed by atoms with Crippen molar-refractivity contribution < 1.29 is 14.3 Å². The summed E-state index contributed by atoms with van der Waals surface area (Å²) in [6.07, 6.45) is 5.81. The van der Waals surface area contributed by atoms with Gasteiger partial charge in [0.05, 0.1) is 0 Å². The highest BCUT2D eigenvalue weighted by Crippen LogP contribution is 2.30. The van der Waals surface area contributed by atoms with Gasteiger partial charge in [-0.05, 0) is 36.6 Å². The van der Waals surface area contributed by atoms with E-state index in [-0.39, 0.29) is 29.1 Å². The Kier molecular flexibility index (Phi) is 4.23. The Morgan fingerprint density at radius 1 is 1.22 bits per heavy atom. The zero-order valence-electron chi connectivity index (χ0n) is 14.9. The van der Waals surface area contributed by atoms with Crippen LogP contribution in [-0.2, 0) is 6.42 Å². The second-order valence-electron chi connectivity index (χ2n) is 6.40. The zero-order valence-corrected chi connectivity index (χ0v) is 14.9. The molecule has 2 aliphatic rings. The van der Waals surface area contributed by atoms with Crippen LogP contribution < -0.4 is 15.4 Å². The second-order valence-corrected chi connectivity index (χ2v) is 6.40. The van der Waals surface area contributed by atoms with Crippen molar-refractivity contribution in [3.05, 3.63) is 53.7 Å². The van der Waals surface area contributed by atoms with Crippen molar-refractivity contribution in [3.8, 4) is 5.88 Å². The molecule has 1 aromatic heterocycles. The molecule has 8 nitrogen and oxygen atoms in total. The molecule has 0 fully saturated rings. The number of aromatic nitrogens is 2. The number of benzene rings is 1. The Bertz CT molecular complexity index is 956. The first-order valence-electron chi connectivity index (χ1n) is 8.79. The Labute approximate surface area is 156 Å². The van der Waals surface area contributed by atoms with Crippen molar-refractivity contribution in [2.75, 3.05) is 23.7 Å². The van der Waals surface area contributed by atoms with Gasteiger partial charge in [0.1, 0.15) is 24.0 Å². The van der Waals surface area contributed by atoms with Gasteiger partial charge in [0.25, 0.3) is 11.8 Å². The molecule has 138 valence electrons. The van der Waals surface area contributed by atoms with Gasteiger partial charge in [-0.3, -0.25) is 14.5 Å². The van der Waals surface area contributed by atoms with Crippen LogP contribution in [-0.4, -0.2) is 39.8 Å². The SMILES string of the molecule is CCCN1CCc2cc(N3C=COc4ncnc(N)c4C3=O)ccc2C1=O. The monoisotopic (exact) mass is 365 g/mol. The molecule has 0 unspecified atom stereocenters. The second kappa shape index (κ2) is 6.71. The fraction of sp³-hybridized carbons (Fsp3) is 0.263. The standard InChI is InChI=1S/C19H19N5O3/c1-2-6-23-7-5-12-10-13(3-4-14(12)18(23)25)24-8-9-27-17-15(19(24)26)16(20)21-11-22-17/h3-4,8-11H,2,5-7H2,1H3,(H2,20,21,22). The summed E-state index contributed by atoms with van der Waals surface area (Å²) in [6, 6.07) is 5.39. The number of hydrogen-bond donors (Lipinski definition) is 1. The van der Waals surface area contributed by atoms with Gasteiger partial charge in [-0.15, -0.1) is 0 Å². The lowest BCUT2D eigenvalue weighted by Gasteiger charge is -2.29. The molecule has 0 atom stereocenters. The van der Waals surface area contributed by atoms with Crippen LogP contribution in [0.5, 0.6) is 5.88 Å². The third-order valence-corrected chi connectivity index (χ3v) is 4.69. The Balaban J connectivity index is 1.70. The maximum atomic E-state index is 13.0. The van der Waals surface area contributed by atoms with Gasteiger partial charge in [0.15, 0.2) is 0 Å². The van der Waals surface area contributed by atoms with Gasteiger partial charge in [-0.25, -0.2) is 9.97 Å². The van der Waals surface area contributed by atoms with Crippen molar-refractivity contribution in [3.63, 3.8) is 0 Å². The van der Waals surface area contributed by atoms with Crippen molar-refractivity contribution in [2.45, 2.75) is 19.8 Å². The quantitative estimate of drug-likeness (QED) is 0.892. The summed E-state index contributed by atoms with van der Waals surface area (Å²) in [7, 11) is 0. The van der Waals surface area contributed by atoms with E-state index in [4.69, 9.17) is 10.5 Å². The van der Waals surface area contributed by atoms with Crippen LogP contribution >= 0.6 is 0 Å². The lowest BCUT2D eigenvalue weighted by molar-refractivity contribution is 0.0740. The number of carbonyl (C=O) groups is 2. The highest BCUT2D eigenvalue weighted by Gasteiger charge is 2.29. The van der Waals surface area contributed by atoms with Crippen molar-refractivity contribution in [2.24, 2.45) is 0 Å². The number of ether oxygens (including phenoxy) is 1. The molecule has 2 amide bonds. The average molecular weight is 365 g/mol. The minimum absolute atomic E-state index is 0.0358. The molecule has 2 aromatic rings. The van der Waals surface area contributed by atoms with Gasteiger partial charge >= 0.3 is 0 Å². The molecule has 3 heterocycles. The topological polar surface area (TPSA) is 102 Å². The molecule has 0 saturated carbocycles. The molecule has 0 aliphatic carbocycles. The van der Waals surface area contributed by atoms with E-state index in [1.165, 1.54) is 23.7 Å². The summed E-state index contributed by atoms with van der Waals surface area (Å²) in [5, 5.41) is 0. The number of amides is 2. The third kappa shape index (κ3) is 2.88. The largest absolute Gasteiger partial charge is 0.444 e. The van der Waals surface area contributed by atoms with E-state index in [2.05, 4.69) is 16.9 Å². The van der Waals surface area contributed by atoms with Gasteiger partial charge in [0, 0.05) is 30.5 Å². The van der Waals surface area contributed by atoms with E-state index in [1.807, 2.05) is 11.0 Å². The molecule has 27 heavy (non-hydrogen) atoms. The van der Waals surface area contributed by atoms with Crippen LogP contribution in [0.25, 0.3) is 0 Å². The number of carbonyl (C=O) groups excluding carboxylic acids is 2. The number of nitrogen functional groups attached to an aromatic ring is 1. The zero-order chi connectivity index (χ0) is 19.0. The van der Waals surface area contributed by atoms with E-state index in [0.717, 1.165) is 24.9 Å². The first kappa shape index (κ1) is 17.0. The van der Waals surface area contributed by atoms with Gasteiger partial charge < -0.3 is 15.4 Å². The molecule has 0 saturated heterocycles. The van der Waals surface area contributed by atoms with Gasteiger partial charge in [-0.1, -0.05) is 6.92 Å². The summed E-state index contributed by atoms with van der Waals surface area (Å²) in [5.41, 5.74) is 8.21. The van der Waals surface area contributed by atoms with E-state index >= 15 is 0 Å². The summed E-state index contributed by atoms with van der Waals surface area (Å²) in [6.45, 7) is 3.49. The number of hydrogen-bond acceptors (Lipinski definition) is 6. The Morgan fingerprint density at radius 2 is 2.07 bits per heavy atom. The molecule has 4 rings (SSSR count). The lowest BCUT2D eigenvalue weighted by Crippen LogP contribution is -2.38. The fourth-order valence-corrected chi connectivity index (χ4v) is 3.38. The molecule has 2 aliphatic heterocycles.